The Morgan fingerprint density at radius 2 is 1.62 bits per heavy atom. The van der Waals surface area contributed by atoms with E-state index in [-0.39, 0.29) is 24.3 Å². The molecule has 2 aromatic rings. The molecule has 4 unspecified atom stereocenters. The third-order valence-electron chi connectivity index (χ3n) is 11.5. The van der Waals surface area contributed by atoms with Gasteiger partial charge in [-0.3, -0.25) is 14.5 Å². The predicted molar refractivity (Wildman–Crippen MR) is 205 cm³/mol. The fourth-order valence-electron chi connectivity index (χ4n) is 8.21. The second-order valence-corrected chi connectivity index (χ2v) is 15.0. The summed E-state index contributed by atoms with van der Waals surface area (Å²) in [6, 6.07) is 13.4. The maximum Gasteiger partial charge on any atom is 0.251 e. The Bertz CT molecular complexity index is 1340. The number of benzene rings is 2. The minimum Gasteiger partial charge on any atom is -0.381 e. The average molecular weight is 691 g/mol. The highest BCUT2D eigenvalue weighted by molar-refractivity contribution is 5.99. The van der Waals surface area contributed by atoms with Gasteiger partial charge in [0, 0.05) is 63.2 Å². The van der Waals surface area contributed by atoms with Crippen LogP contribution in [0.3, 0.4) is 0 Å². The Balaban J connectivity index is 1.56. The van der Waals surface area contributed by atoms with Crippen molar-refractivity contribution in [3.8, 4) is 11.1 Å². The van der Waals surface area contributed by atoms with Crippen LogP contribution in [0, 0.1) is 30.6 Å². The van der Waals surface area contributed by atoms with Crippen molar-refractivity contribution in [2.24, 2.45) is 29.4 Å². The standard InChI is InChI=1S/C42H66N4O4/c1-7-10-11-12-34(8-2)30(4)25-31(5)39(41(43)47)28-44-42(48)38-26-36(27-40(32(38)6)46(9-3)37-17-21-49-22-18-37)35-15-13-33(14-16-35)29-45-19-23-50-24-20-45/h13-16,26-27,30-31,34,37,39H,7-12,17-25,28-29H2,1-6H3,(H2,43,47)(H,44,48). The van der Waals surface area contributed by atoms with Gasteiger partial charge in [0.2, 0.25) is 5.91 Å². The maximum absolute atomic E-state index is 14.1. The average Bonchev–Trinajstić information content (AvgIpc) is 3.12. The number of unbranched alkanes of at least 4 members (excludes halogenated alkanes) is 2. The Morgan fingerprint density at radius 1 is 0.940 bits per heavy atom. The highest BCUT2D eigenvalue weighted by atomic mass is 16.5. The van der Waals surface area contributed by atoms with E-state index in [0.717, 1.165) is 101 Å². The molecule has 0 spiro atoms. The summed E-state index contributed by atoms with van der Waals surface area (Å²) in [5, 5.41) is 3.16. The van der Waals surface area contributed by atoms with E-state index in [1.165, 1.54) is 31.2 Å². The number of nitrogens with two attached hydrogens (primary N) is 1. The van der Waals surface area contributed by atoms with E-state index in [0.29, 0.717) is 23.4 Å². The molecule has 2 fully saturated rings. The summed E-state index contributed by atoms with van der Waals surface area (Å²) in [6.45, 7) is 20.2. The first-order chi connectivity index (χ1) is 24.2. The molecule has 2 aromatic carbocycles. The number of carbonyl (C=O) groups excluding carboxylic acids is 2. The minimum atomic E-state index is -0.425. The van der Waals surface area contributed by atoms with Gasteiger partial charge in [0.1, 0.15) is 0 Å². The van der Waals surface area contributed by atoms with E-state index >= 15 is 0 Å². The molecular formula is C42H66N4O4. The van der Waals surface area contributed by atoms with Crippen molar-refractivity contribution in [2.45, 2.75) is 105 Å². The van der Waals surface area contributed by atoms with Crippen molar-refractivity contribution >= 4 is 17.5 Å². The van der Waals surface area contributed by atoms with E-state index in [1.807, 2.05) is 6.07 Å². The lowest BCUT2D eigenvalue weighted by Gasteiger charge is -2.37. The van der Waals surface area contributed by atoms with Crippen LogP contribution in [0.25, 0.3) is 11.1 Å². The third-order valence-corrected chi connectivity index (χ3v) is 11.5. The number of ether oxygens (including phenoxy) is 2. The van der Waals surface area contributed by atoms with Gasteiger partial charge in [-0.1, -0.05) is 84.1 Å². The van der Waals surface area contributed by atoms with E-state index in [4.69, 9.17) is 15.2 Å². The smallest absolute Gasteiger partial charge is 0.251 e. The zero-order valence-corrected chi connectivity index (χ0v) is 32.0. The van der Waals surface area contributed by atoms with Gasteiger partial charge >= 0.3 is 0 Å². The molecule has 4 atom stereocenters. The van der Waals surface area contributed by atoms with Crippen LogP contribution < -0.4 is 16.0 Å². The number of hydrogen-bond acceptors (Lipinski definition) is 6. The SMILES string of the molecule is CCCCCC(CC)C(C)CC(C)C(CNC(=O)c1cc(-c2ccc(CN3CCOCC3)cc2)cc(N(CC)C2CCOCC2)c1C)C(N)=O. The number of primary amides is 1. The van der Waals surface area contributed by atoms with E-state index < -0.39 is 5.92 Å². The second-order valence-electron chi connectivity index (χ2n) is 15.0. The van der Waals surface area contributed by atoms with Crippen LogP contribution in [0.4, 0.5) is 5.69 Å². The molecule has 8 nitrogen and oxygen atoms in total. The van der Waals surface area contributed by atoms with Crippen molar-refractivity contribution in [1.29, 1.82) is 0 Å². The van der Waals surface area contributed by atoms with Crippen LogP contribution in [0.1, 0.15) is 107 Å². The quantitative estimate of drug-likeness (QED) is 0.148. The van der Waals surface area contributed by atoms with Gasteiger partial charge in [0.15, 0.2) is 0 Å². The van der Waals surface area contributed by atoms with Crippen LogP contribution in [-0.2, 0) is 20.8 Å². The topological polar surface area (TPSA) is 97.1 Å². The summed E-state index contributed by atoms with van der Waals surface area (Å²) in [6.07, 6.45) is 8.97. The molecule has 0 aliphatic carbocycles. The summed E-state index contributed by atoms with van der Waals surface area (Å²) in [4.78, 5) is 31.8. The Labute approximate surface area is 302 Å². The number of carbonyl (C=O) groups is 2. The zero-order chi connectivity index (χ0) is 36.0. The summed E-state index contributed by atoms with van der Waals surface area (Å²) >= 11 is 0. The molecule has 2 heterocycles. The first kappa shape index (κ1) is 39.8. The molecule has 0 aromatic heterocycles. The molecule has 278 valence electrons. The van der Waals surface area contributed by atoms with Gasteiger partial charge in [-0.15, -0.1) is 0 Å². The highest BCUT2D eigenvalue weighted by Crippen LogP contribution is 2.35. The largest absolute Gasteiger partial charge is 0.381 e. The van der Waals surface area contributed by atoms with Crippen LogP contribution in [-0.4, -0.2) is 75.4 Å². The summed E-state index contributed by atoms with van der Waals surface area (Å²) in [5.74, 6) is 0.286. The Morgan fingerprint density at radius 3 is 2.24 bits per heavy atom. The number of hydrogen-bond donors (Lipinski definition) is 2. The number of nitrogens with zero attached hydrogens (tertiary/aromatic N) is 2. The normalized spacial score (nSPS) is 18.3. The molecule has 0 radical (unpaired) electrons. The first-order valence-electron chi connectivity index (χ1n) is 19.6. The number of nitrogens with one attached hydrogen (secondary N) is 1. The van der Waals surface area contributed by atoms with Gasteiger partial charge in [0.05, 0.1) is 19.1 Å². The molecule has 2 saturated heterocycles. The predicted octanol–water partition coefficient (Wildman–Crippen LogP) is 7.60. The first-order valence-corrected chi connectivity index (χ1v) is 19.6. The van der Waals surface area contributed by atoms with Crippen molar-refractivity contribution in [2.75, 3.05) is 57.5 Å². The number of morpholine rings is 1. The maximum atomic E-state index is 14.1. The minimum absolute atomic E-state index is 0.0751. The Hall–Kier alpha value is -2.94. The lowest BCUT2D eigenvalue weighted by atomic mass is 9.78. The molecule has 50 heavy (non-hydrogen) atoms. The van der Waals surface area contributed by atoms with Gasteiger partial charge in [-0.05, 0) is 85.3 Å². The fraction of sp³-hybridized carbons (Fsp3) is 0.667. The number of rotatable bonds is 19. The summed E-state index contributed by atoms with van der Waals surface area (Å²) in [5.41, 5.74) is 12.0. The lowest BCUT2D eigenvalue weighted by Crippen LogP contribution is -2.41. The zero-order valence-electron chi connectivity index (χ0n) is 32.0. The van der Waals surface area contributed by atoms with Crippen LogP contribution in [0.5, 0.6) is 0 Å². The molecule has 4 rings (SSSR count). The molecule has 8 heteroatoms. The van der Waals surface area contributed by atoms with E-state index in [9.17, 15) is 9.59 Å². The number of anilines is 1. The molecule has 2 amide bonds. The van der Waals surface area contributed by atoms with Crippen LogP contribution in [0.2, 0.25) is 0 Å². The lowest BCUT2D eigenvalue weighted by molar-refractivity contribution is -0.123. The van der Waals surface area contributed by atoms with Crippen LogP contribution in [0.15, 0.2) is 36.4 Å². The second kappa shape index (κ2) is 20.2. The molecule has 0 saturated carbocycles. The van der Waals surface area contributed by atoms with Crippen molar-refractivity contribution < 1.29 is 19.1 Å². The van der Waals surface area contributed by atoms with Crippen molar-refractivity contribution in [3.63, 3.8) is 0 Å². The van der Waals surface area contributed by atoms with Gasteiger partial charge in [0.25, 0.3) is 5.91 Å². The molecule has 0 bridgehead atoms. The number of amides is 2. The monoisotopic (exact) mass is 691 g/mol. The summed E-state index contributed by atoms with van der Waals surface area (Å²) in [7, 11) is 0. The van der Waals surface area contributed by atoms with Crippen LogP contribution >= 0.6 is 0 Å². The molecular weight excluding hydrogens is 624 g/mol. The molecule has 2 aliphatic heterocycles. The van der Waals surface area contributed by atoms with Gasteiger partial charge in [-0.25, -0.2) is 0 Å². The van der Waals surface area contributed by atoms with Gasteiger partial charge in [-0.2, -0.15) is 0 Å². The van der Waals surface area contributed by atoms with E-state index in [2.05, 4.69) is 87.0 Å². The highest BCUT2D eigenvalue weighted by Gasteiger charge is 2.29. The molecule has 2 aliphatic rings. The molecule has 3 N–H and O–H groups in total. The Kier molecular flexibility index (Phi) is 16.1. The third kappa shape index (κ3) is 11.0. The van der Waals surface area contributed by atoms with Gasteiger partial charge < -0.3 is 25.4 Å². The van der Waals surface area contributed by atoms with Crippen molar-refractivity contribution in [1.82, 2.24) is 10.2 Å². The van der Waals surface area contributed by atoms with E-state index in [1.54, 1.807) is 0 Å². The summed E-state index contributed by atoms with van der Waals surface area (Å²) < 4.78 is 11.2. The fourth-order valence-corrected chi connectivity index (χ4v) is 8.21. The van der Waals surface area contributed by atoms with Crippen molar-refractivity contribution in [3.05, 3.63) is 53.1 Å².